The van der Waals surface area contributed by atoms with Gasteiger partial charge >= 0.3 is 0 Å². The van der Waals surface area contributed by atoms with E-state index in [4.69, 9.17) is 0 Å². The second-order valence-electron chi connectivity index (χ2n) is 5.66. The average Bonchev–Trinajstić information content (AvgIpc) is 3.33. The van der Waals surface area contributed by atoms with Crippen LogP contribution in [0.4, 0.5) is 5.69 Å². The minimum atomic E-state index is 0.0421. The van der Waals surface area contributed by atoms with Gasteiger partial charge in [0.05, 0.1) is 0 Å². The second kappa shape index (κ2) is 6.75. The molecule has 0 unspecified atom stereocenters. The third kappa shape index (κ3) is 3.07. The van der Waals surface area contributed by atoms with E-state index in [9.17, 15) is 4.79 Å². The Morgan fingerprint density at radius 3 is 2.50 bits per heavy atom. The maximum Gasteiger partial charge on any atom is 0.273 e. The number of carbonyl (C=O) groups excluding carboxylic acids is 1. The molecule has 4 rings (SSSR count). The fraction of sp³-hybridized carbons (Fsp3) is 0.222. The first kappa shape index (κ1) is 15.4. The molecule has 24 heavy (non-hydrogen) atoms. The van der Waals surface area contributed by atoms with Gasteiger partial charge in [-0.05, 0) is 23.6 Å². The molecule has 4 nitrogen and oxygen atoms in total. The number of thiazole rings is 1. The van der Waals surface area contributed by atoms with Gasteiger partial charge < -0.3 is 9.80 Å². The van der Waals surface area contributed by atoms with Crippen molar-refractivity contribution in [3.8, 4) is 10.6 Å². The molecule has 0 radical (unpaired) electrons. The lowest BCUT2D eigenvalue weighted by molar-refractivity contribution is 0.0742. The average molecular weight is 355 g/mol. The number of rotatable bonds is 3. The van der Waals surface area contributed by atoms with Crippen molar-refractivity contribution >= 4 is 34.3 Å². The lowest BCUT2D eigenvalue weighted by Gasteiger charge is -2.35. The zero-order chi connectivity index (χ0) is 16.4. The van der Waals surface area contributed by atoms with Gasteiger partial charge in [-0.25, -0.2) is 4.98 Å². The first-order chi connectivity index (χ1) is 11.8. The van der Waals surface area contributed by atoms with Gasteiger partial charge in [0.1, 0.15) is 10.7 Å². The number of benzene rings is 1. The fourth-order valence-electron chi connectivity index (χ4n) is 2.86. The number of nitrogens with zero attached hydrogens (tertiary/aromatic N) is 3. The molecule has 0 atom stereocenters. The van der Waals surface area contributed by atoms with Crippen molar-refractivity contribution in [3.63, 3.8) is 0 Å². The smallest absolute Gasteiger partial charge is 0.273 e. The van der Waals surface area contributed by atoms with Crippen LogP contribution in [-0.2, 0) is 0 Å². The Bertz CT molecular complexity index is 806. The predicted molar refractivity (Wildman–Crippen MR) is 100.0 cm³/mol. The Kier molecular flexibility index (Phi) is 4.32. The van der Waals surface area contributed by atoms with Gasteiger partial charge in [-0.1, -0.05) is 18.2 Å². The molecule has 2 aromatic heterocycles. The topological polar surface area (TPSA) is 36.4 Å². The van der Waals surface area contributed by atoms with Crippen LogP contribution in [0.25, 0.3) is 10.6 Å². The summed E-state index contributed by atoms with van der Waals surface area (Å²) in [7, 11) is 0. The Balaban J connectivity index is 1.41. The highest BCUT2D eigenvalue weighted by molar-refractivity contribution is 7.14. The number of carbonyl (C=O) groups is 1. The molecule has 0 aliphatic carbocycles. The van der Waals surface area contributed by atoms with Crippen molar-refractivity contribution in [2.24, 2.45) is 0 Å². The molecule has 1 aliphatic rings. The molecule has 0 saturated carbocycles. The number of piperazine rings is 1. The summed E-state index contributed by atoms with van der Waals surface area (Å²) in [5.74, 6) is 0.0421. The largest absolute Gasteiger partial charge is 0.368 e. The Labute approximate surface area is 149 Å². The number of hydrogen-bond donors (Lipinski definition) is 0. The summed E-state index contributed by atoms with van der Waals surface area (Å²) in [6, 6.07) is 12.4. The van der Waals surface area contributed by atoms with Crippen LogP contribution in [0.15, 0.2) is 52.5 Å². The molecule has 1 saturated heterocycles. The van der Waals surface area contributed by atoms with E-state index in [1.54, 1.807) is 11.3 Å². The summed E-state index contributed by atoms with van der Waals surface area (Å²) in [4.78, 5) is 21.4. The number of hydrogen-bond acceptors (Lipinski definition) is 5. The number of amides is 1. The lowest BCUT2D eigenvalue weighted by atomic mass is 10.2. The van der Waals surface area contributed by atoms with E-state index >= 15 is 0 Å². The molecule has 3 heterocycles. The minimum absolute atomic E-state index is 0.0421. The molecule has 1 aliphatic heterocycles. The fourth-order valence-corrected chi connectivity index (χ4v) is 4.37. The lowest BCUT2D eigenvalue weighted by Crippen LogP contribution is -2.48. The van der Waals surface area contributed by atoms with Gasteiger partial charge in [0.2, 0.25) is 0 Å². The van der Waals surface area contributed by atoms with E-state index in [1.807, 2.05) is 39.9 Å². The van der Waals surface area contributed by atoms with E-state index in [0.29, 0.717) is 5.69 Å². The van der Waals surface area contributed by atoms with Gasteiger partial charge in [0.25, 0.3) is 5.91 Å². The second-order valence-corrected chi connectivity index (χ2v) is 7.30. The van der Waals surface area contributed by atoms with E-state index in [-0.39, 0.29) is 5.91 Å². The summed E-state index contributed by atoms with van der Waals surface area (Å²) in [6.07, 6.45) is 0. The van der Waals surface area contributed by atoms with Gasteiger partial charge in [-0.2, -0.15) is 11.3 Å². The van der Waals surface area contributed by atoms with Crippen LogP contribution in [0.3, 0.4) is 0 Å². The zero-order valence-electron chi connectivity index (χ0n) is 13.1. The molecule has 0 spiro atoms. The Hall–Kier alpha value is -2.18. The first-order valence-corrected chi connectivity index (χ1v) is 9.71. The molecular weight excluding hydrogens is 338 g/mol. The van der Waals surface area contributed by atoms with Crippen LogP contribution >= 0.6 is 22.7 Å². The quantitative estimate of drug-likeness (QED) is 0.716. The normalized spacial score (nSPS) is 14.8. The molecule has 0 bridgehead atoms. The summed E-state index contributed by atoms with van der Waals surface area (Å²) in [6.45, 7) is 3.19. The van der Waals surface area contributed by atoms with Crippen molar-refractivity contribution < 1.29 is 4.79 Å². The van der Waals surface area contributed by atoms with Crippen molar-refractivity contribution in [2.45, 2.75) is 0 Å². The van der Waals surface area contributed by atoms with Crippen LogP contribution in [0.1, 0.15) is 10.5 Å². The zero-order valence-corrected chi connectivity index (χ0v) is 14.7. The molecule has 122 valence electrons. The van der Waals surface area contributed by atoms with E-state index in [0.717, 1.165) is 36.8 Å². The monoisotopic (exact) mass is 355 g/mol. The summed E-state index contributed by atoms with van der Waals surface area (Å²) >= 11 is 3.18. The van der Waals surface area contributed by atoms with Crippen LogP contribution in [0, 0.1) is 0 Å². The van der Waals surface area contributed by atoms with Crippen molar-refractivity contribution in [1.82, 2.24) is 9.88 Å². The molecule has 1 amide bonds. The first-order valence-electron chi connectivity index (χ1n) is 7.88. The molecular formula is C18H17N3OS2. The van der Waals surface area contributed by atoms with Crippen molar-refractivity contribution in [1.29, 1.82) is 0 Å². The van der Waals surface area contributed by atoms with Crippen LogP contribution in [0.2, 0.25) is 0 Å². The van der Waals surface area contributed by atoms with Crippen molar-refractivity contribution in [3.05, 3.63) is 58.2 Å². The van der Waals surface area contributed by atoms with Crippen LogP contribution < -0.4 is 4.90 Å². The van der Waals surface area contributed by atoms with Crippen LogP contribution in [-0.4, -0.2) is 42.0 Å². The molecule has 3 aromatic rings. The molecule has 1 aromatic carbocycles. The highest BCUT2D eigenvalue weighted by atomic mass is 32.1. The maximum atomic E-state index is 12.7. The third-order valence-corrected chi connectivity index (χ3v) is 5.75. The Morgan fingerprint density at radius 2 is 1.79 bits per heavy atom. The standard InChI is InChI=1S/C18H17N3OS2/c22-18(16-13-24-17(19-16)14-6-11-23-12-14)21-9-7-20(8-10-21)15-4-2-1-3-5-15/h1-6,11-13H,7-10H2. The number of para-hydroxylation sites is 1. The summed E-state index contributed by atoms with van der Waals surface area (Å²) in [5, 5.41) is 6.88. The number of thiophene rings is 1. The van der Waals surface area contributed by atoms with Gasteiger partial charge in [0.15, 0.2) is 0 Å². The Morgan fingerprint density at radius 1 is 1.00 bits per heavy atom. The minimum Gasteiger partial charge on any atom is -0.368 e. The molecule has 6 heteroatoms. The van der Waals surface area contributed by atoms with Gasteiger partial charge in [-0.15, -0.1) is 11.3 Å². The van der Waals surface area contributed by atoms with Gasteiger partial charge in [-0.3, -0.25) is 4.79 Å². The highest BCUT2D eigenvalue weighted by Crippen LogP contribution is 2.26. The highest BCUT2D eigenvalue weighted by Gasteiger charge is 2.24. The SMILES string of the molecule is O=C(c1csc(-c2ccsc2)n1)N1CCN(c2ccccc2)CC1. The molecule has 1 fully saturated rings. The van der Waals surface area contributed by atoms with Crippen LogP contribution in [0.5, 0.6) is 0 Å². The number of anilines is 1. The number of aromatic nitrogens is 1. The van der Waals surface area contributed by atoms with Crippen molar-refractivity contribution in [2.75, 3.05) is 31.1 Å². The predicted octanol–water partition coefficient (Wildman–Crippen LogP) is 3.83. The van der Waals surface area contributed by atoms with E-state index in [1.165, 1.54) is 17.0 Å². The summed E-state index contributed by atoms with van der Waals surface area (Å²) in [5.41, 5.74) is 2.88. The van der Waals surface area contributed by atoms with Gasteiger partial charge in [0, 0.05) is 48.2 Å². The third-order valence-electron chi connectivity index (χ3n) is 4.18. The van der Waals surface area contributed by atoms with E-state index < -0.39 is 0 Å². The summed E-state index contributed by atoms with van der Waals surface area (Å²) < 4.78 is 0. The maximum absolute atomic E-state index is 12.7. The molecule has 0 N–H and O–H groups in total. The van der Waals surface area contributed by atoms with E-state index in [2.05, 4.69) is 27.4 Å².